The molecule has 0 aliphatic heterocycles. The number of ether oxygens (including phenoxy) is 1. The van der Waals surface area contributed by atoms with Gasteiger partial charge in [0.15, 0.2) is 0 Å². The first kappa shape index (κ1) is 12.4. The van der Waals surface area contributed by atoms with Crippen molar-refractivity contribution in [2.45, 2.75) is 19.8 Å². The average Bonchev–Trinajstić information content (AvgIpc) is 2.25. The summed E-state index contributed by atoms with van der Waals surface area (Å²) >= 11 is 0. The summed E-state index contributed by atoms with van der Waals surface area (Å²) < 4.78 is 5.16. The van der Waals surface area contributed by atoms with Gasteiger partial charge in [-0.25, -0.2) is 0 Å². The highest BCUT2D eigenvalue weighted by Gasteiger charge is 2.07. The number of hydrogen-bond acceptors (Lipinski definition) is 3. The van der Waals surface area contributed by atoms with Gasteiger partial charge in [-0.3, -0.25) is 4.79 Å². The van der Waals surface area contributed by atoms with Crippen LogP contribution < -0.4 is 10.1 Å². The molecule has 0 saturated carbocycles. The topological polar surface area (TPSA) is 58.6 Å². The van der Waals surface area contributed by atoms with Crippen LogP contribution in [-0.2, 0) is 4.79 Å². The highest BCUT2D eigenvalue weighted by atomic mass is 16.5. The molecule has 0 aliphatic rings. The van der Waals surface area contributed by atoms with Crippen LogP contribution in [0.25, 0.3) is 0 Å². The summed E-state index contributed by atoms with van der Waals surface area (Å²) in [6.07, 6.45) is 0. The maximum absolute atomic E-state index is 10.5. The van der Waals surface area contributed by atoms with Crippen molar-refractivity contribution in [1.29, 1.82) is 0 Å². The maximum Gasteiger partial charge on any atom is 0.322 e. The van der Waals surface area contributed by atoms with Crippen molar-refractivity contribution in [2.75, 3.05) is 19.0 Å². The summed E-state index contributed by atoms with van der Waals surface area (Å²) in [6.45, 7) is 4.06. The molecule has 0 radical (unpaired) electrons. The van der Waals surface area contributed by atoms with E-state index in [2.05, 4.69) is 19.2 Å². The van der Waals surface area contributed by atoms with Gasteiger partial charge >= 0.3 is 5.97 Å². The molecule has 0 bridgehead atoms. The van der Waals surface area contributed by atoms with Crippen LogP contribution in [0.4, 0.5) is 5.69 Å². The van der Waals surface area contributed by atoms with E-state index in [0.29, 0.717) is 11.7 Å². The van der Waals surface area contributed by atoms with Gasteiger partial charge < -0.3 is 15.2 Å². The zero-order valence-corrected chi connectivity index (χ0v) is 9.78. The zero-order chi connectivity index (χ0) is 12.1. The van der Waals surface area contributed by atoms with Crippen molar-refractivity contribution in [3.8, 4) is 5.75 Å². The molecule has 0 unspecified atom stereocenters. The van der Waals surface area contributed by atoms with Crippen molar-refractivity contribution >= 4 is 11.7 Å². The van der Waals surface area contributed by atoms with Crippen molar-refractivity contribution < 1.29 is 14.6 Å². The minimum atomic E-state index is -0.892. The Labute approximate surface area is 95.2 Å². The molecule has 16 heavy (non-hydrogen) atoms. The third kappa shape index (κ3) is 3.15. The highest BCUT2D eigenvalue weighted by molar-refractivity contribution is 5.74. The van der Waals surface area contributed by atoms with Gasteiger partial charge in [0.05, 0.1) is 12.8 Å². The van der Waals surface area contributed by atoms with Crippen molar-refractivity contribution in [3.63, 3.8) is 0 Å². The smallest absolute Gasteiger partial charge is 0.322 e. The Bertz CT molecular complexity index is 375. The summed E-state index contributed by atoms with van der Waals surface area (Å²) in [5, 5.41) is 11.4. The molecule has 4 nitrogen and oxygen atoms in total. The van der Waals surface area contributed by atoms with Gasteiger partial charge in [-0.2, -0.15) is 0 Å². The summed E-state index contributed by atoms with van der Waals surface area (Å²) in [6, 6.07) is 5.75. The van der Waals surface area contributed by atoms with E-state index < -0.39 is 5.97 Å². The van der Waals surface area contributed by atoms with E-state index in [0.717, 1.165) is 11.3 Å². The lowest BCUT2D eigenvalue weighted by Gasteiger charge is -2.13. The monoisotopic (exact) mass is 223 g/mol. The Morgan fingerprint density at radius 3 is 2.69 bits per heavy atom. The second kappa shape index (κ2) is 5.39. The van der Waals surface area contributed by atoms with Gasteiger partial charge in [0.1, 0.15) is 12.3 Å². The number of anilines is 1. The molecule has 1 rings (SSSR count). The van der Waals surface area contributed by atoms with Gasteiger partial charge in [0.2, 0.25) is 0 Å². The van der Waals surface area contributed by atoms with Gasteiger partial charge in [-0.05, 0) is 23.6 Å². The van der Waals surface area contributed by atoms with Crippen LogP contribution in [0, 0.1) is 0 Å². The molecule has 0 saturated heterocycles. The van der Waals surface area contributed by atoms with Crippen LogP contribution in [0.1, 0.15) is 25.3 Å². The number of hydrogen-bond donors (Lipinski definition) is 2. The number of carboxylic acids is 1. The predicted molar refractivity (Wildman–Crippen MR) is 63.2 cm³/mol. The molecule has 2 N–H and O–H groups in total. The summed E-state index contributed by atoms with van der Waals surface area (Å²) in [7, 11) is 1.57. The lowest BCUT2D eigenvalue weighted by Crippen LogP contribution is -2.13. The van der Waals surface area contributed by atoms with E-state index in [1.807, 2.05) is 18.2 Å². The lowest BCUT2D eigenvalue weighted by molar-refractivity contribution is -0.134. The molecular formula is C12H17NO3. The van der Waals surface area contributed by atoms with E-state index in [1.54, 1.807) is 7.11 Å². The van der Waals surface area contributed by atoms with Crippen LogP contribution in [-0.4, -0.2) is 24.7 Å². The molecule has 88 valence electrons. The van der Waals surface area contributed by atoms with E-state index in [4.69, 9.17) is 9.84 Å². The zero-order valence-electron chi connectivity index (χ0n) is 9.78. The third-order valence-electron chi connectivity index (χ3n) is 2.32. The molecule has 0 fully saturated rings. The van der Waals surface area contributed by atoms with Crippen LogP contribution in [0.5, 0.6) is 5.75 Å². The fourth-order valence-corrected chi connectivity index (χ4v) is 1.39. The molecule has 4 heteroatoms. The fraction of sp³-hybridized carbons (Fsp3) is 0.417. The summed E-state index contributed by atoms with van der Waals surface area (Å²) in [5.74, 6) is 0.166. The second-order valence-corrected chi connectivity index (χ2v) is 3.86. The normalized spacial score (nSPS) is 10.2. The number of carbonyl (C=O) groups is 1. The molecule has 0 aromatic heterocycles. The first-order chi connectivity index (χ1) is 7.54. The molecule has 0 amide bonds. The van der Waals surface area contributed by atoms with E-state index in [1.165, 1.54) is 0 Å². The molecule has 0 heterocycles. The van der Waals surface area contributed by atoms with Gasteiger partial charge in [-0.15, -0.1) is 0 Å². The largest absolute Gasteiger partial charge is 0.495 e. The molecular weight excluding hydrogens is 206 g/mol. The Morgan fingerprint density at radius 2 is 2.19 bits per heavy atom. The van der Waals surface area contributed by atoms with Crippen LogP contribution in [0.3, 0.4) is 0 Å². The number of aliphatic carboxylic acids is 1. The molecule has 0 spiro atoms. The third-order valence-corrected chi connectivity index (χ3v) is 2.32. The summed E-state index contributed by atoms with van der Waals surface area (Å²) in [4.78, 5) is 10.5. The quantitative estimate of drug-likeness (QED) is 0.804. The summed E-state index contributed by atoms with van der Waals surface area (Å²) in [5.41, 5.74) is 1.87. The average molecular weight is 223 g/mol. The fourth-order valence-electron chi connectivity index (χ4n) is 1.39. The first-order valence-corrected chi connectivity index (χ1v) is 5.18. The second-order valence-electron chi connectivity index (χ2n) is 3.86. The predicted octanol–water partition coefficient (Wildman–Crippen LogP) is 2.32. The number of benzene rings is 1. The van der Waals surface area contributed by atoms with Gasteiger partial charge in [0.25, 0.3) is 0 Å². The molecule has 1 aromatic rings. The number of rotatable bonds is 5. The number of methoxy groups -OCH3 is 1. The minimum Gasteiger partial charge on any atom is -0.495 e. The Kier molecular flexibility index (Phi) is 4.17. The Balaban J connectivity index is 2.92. The molecule has 0 atom stereocenters. The molecule has 0 aliphatic carbocycles. The van der Waals surface area contributed by atoms with Crippen LogP contribution >= 0.6 is 0 Å². The van der Waals surface area contributed by atoms with Gasteiger partial charge in [0, 0.05) is 0 Å². The van der Waals surface area contributed by atoms with E-state index in [-0.39, 0.29) is 6.54 Å². The first-order valence-electron chi connectivity index (χ1n) is 5.18. The maximum atomic E-state index is 10.5. The van der Waals surface area contributed by atoms with Crippen LogP contribution in [0.15, 0.2) is 18.2 Å². The number of carboxylic acid groups (broad SMARTS) is 1. The Morgan fingerprint density at radius 1 is 1.50 bits per heavy atom. The van der Waals surface area contributed by atoms with Crippen LogP contribution in [0.2, 0.25) is 0 Å². The van der Waals surface area contributed by atoms with Crippen molar-refractivity contribution in [1.82, 2.24) is 0 Å². The highest BCUT2D eigenvalue weighted by Crippen LogP contribution is 2.28. The van der Waals surface area contributed by atoms with E-state index >= 15 is 0 Å². The van der Waals surface area contributed by atoms with E-state index in [9.17, 15) is 4.79 Å². The number of nitrogens with one attached hydrogen (secondary N) is 1. The van der Waals surface area contributed by atoms with Crippen molar-refractivity contribution in [3.05, 3.63) is 23.8 Å². The minimum absolute atomic E-state index is 0.113. The standard InChI is InChI=1S/C12H17NO3/c1-8(2)9-4-5-11(16-3)10(6-9)13-7-12(14)15/h4-6,8,13H,7H2,1-3H3,(H,14,15). The SMILES string of the molecule is COc1ccc(C(C)C)cc1NCC(=O)O. The molecule has 1 aromatic carbocycles. The van der Waals surface area contributed by atoms with Crippen molar-refractivity contribution in [2.24, 2.45) is 0 Å². The van der Waals surface area contributed by atoms with Gasteiger partial charge in [-0.1, -0.05) is 19.9 Å². The lowest BCUT2D eigenvalue weighted by atomic mass is 10.0. The Hall–Kier alpha value is -1.71.